The number of hydrogen-bond acceptors (Lipinski definition) is 3. The molecule has 0 saturated heterocycles. The van der Waals surface area contributed by atoms with Gasteiger partial charge < -0.3 is 24.7 Å². The van der Waals surface area contributed by atoms with Gasteiger partial charge in [0.1, 0.15) is 17.2 Å². The van der Waals surface area contributed by atoms with Crippen molar-refractivity contribution in [1.82, 2.24) is 9.88 Å². The van der Waals surface area contributed by atoms with Crippen LogP contribution in [-0.2, 0) is 13.0 Å². The summed E-state index contributed by atoms with van der Waals surface area (Å²) in [7, 11) is 1.66. The molecule has 0 saturated carbocycles. The summed E-state index contributed by atoms with van der Waals surface area (Å²) >= 11 is 0. The number of para-hydroxylation sites is 1. The van der Waals surface area contributed by atoms with Gasteiger partial charge in [0, 0.05) is 47.4 Å². The number of rotatable bonds is 4. The molecule has 0 bridgehead atoms. The standard InChI is InChI=1S/C25H23N3O3/c1-30-20-11-12-23-21(15-20)22-16-28(14-13-24(22)27-23)25(29)26-17-7-9-19(10-8-17)31-18-5-3-2-4-6-18/h2-12,15,27H,13-14,16H2,1H3,(H,26,29). The fourth-order valence-corrected chi connectivity index (χ4v) is 3.93. The lowest BCUT2D eigenvalue weighted by Crippen LogP contribution is -2.38. The zero-order valence-electron chi connectivity index (χ0n) is 17.2. The number of urea groups is 1. The van der Waals surface area contributed by atoms with E-state index in [1.165, 1.54) is 5.69 Å². The van der Waals surface area contributed by atoms with Crippen molar-refractivity contribution in [2.75, 3.05) is 19.0 Å². The highest BCUT2D eigenvalue weighted by Gasteiger charge is 2.24. The molecule has 0 atom stereocenters. The molecule has 2 amide bonds. The van der Waals surface area contributed by atoms with Crippen LogP contribution in [-0.4, -0.2) is 29.6 Å². The number of benzene rings is 3. The minimum absolute atomic E-state index is 0.111. The van der Waals surface area contributed by atoms with Crippen LogP contribution in [0.3, 0.4) is 0 Å². The molecular formula is C25H23N3O3. The van der Waals surface area contributed by atoms with Crippen LogP contribution in [0.2, 0.25) is 0 Å². The van der Waals surface area contributed by atoms with Crippen molar-refractivity contribution in [3.05, 3.63) is 84.1 Å². The van der Waals surface area contributed by atoms with E-state index in [1.54, 1.807) is 7.11 Å². The Bertz CT molecular complexity index is 1220. The molecular weight excluding hydrogens is 390 g/mol. The summed E-state index contributed by atoms with van der Waals surface area (Å²) in [6.45, 7) is 1.22. The quantitative estimate of drug-likeness (QED) is 0.460. The van der Waals surface area contributed by atoms with Crippen LogP contribution in [0.5, 0.6) is 17.2 Å². The number of carbonyl (C=O) groups excluding carboxylic acids is 1. The summed E-state index contributed by atoms with van der Waals surface area (Å²) in [6.07, 6.45) is 0.795. The third-order valence-corrected chi connectivity index (χ3v) is 5.55. The third-order valence-electron chi connectivity index (χ3n) is 5.55. The van der Waals surface area contributed by atoms with E-state index in [1.807, 2.05) is 77.7 Å². The highest BCUT2D eigenvalue weighted by molar-refractivity contribution is 5.91. The molecule has 5 rings (SSSR count). The Hall–Kier alpha value is -3.93. The Morgan fingerprint density at radius 3 is 2.48 bits per heavy atom. The lowest BCUT2D eigenvalue weighted by atomic mass is 10.0. The Labute approximate surface area is 180 Å². The van der Waals surface area contributed by atoms with Crippen LogP contribution < -0.4 is 14.8 Å². The maximum atomic E-state index is 12.9. The normalized spacial score (nSPS) is 13.0. The van der Waals surface area contributed by atoms with Crippen molar-refractivity contribution in [2.45, 2.75) is 13.0 Å². The average Bonchev–Trinajstić information content (AvgIpc) is 3.18. The van der Waals surface area contributed by atoms with E-state index < -0.39 is 0 Å². The number of H-pyrrole nitrogens is 1. The predicted molar refractivity (Wildman–Crippen MR) is 121 cm³/mol. The molecule has 1 aliphatic rings. The number of ether oxygens (including phenoxy) is 2. The molecule has 2 heterocycles. The Morgan fingerprint density at radius 2 is 1.71 bits per heavy atom. The van der Waals surface area contributed by atoms with Gasteiger partial charge in [0.05, 0.1) is 7.11 Å². The van der Waals surface area contributed by atoms with E-state index in [9.17, 15) is 4.79 Å². The topological polar surface area (TPSA) is 66.6 Å². The number of aromatic nitrogens is 1. The van der Waals surface area contributed by atoms with Gasteiger partial charge in [-0.2, -0.15) is 0 Å². The fourth-order valence-electron chi connectivity index (χ4n) is 3.93. The van der Waals surface area contributed by atoms with E-state index >= 15 is 0 Å². The molecule has 0 radical (unpaired) electrons. The van der Waals surface area contributed by atoms with Gasteiger partial charge in [-0.3, -0.25) is 0 Å². The monoisotopic (exact) mass is 413 g/mol. The van der Waals surface area contributed by atoms with E-state index in [0.29, 0.717) is 13.1 Å². The SMILES string of the molecule is COc1ccc2[nH]c3c(c2c1)CN(C(=O)Nc1ccc(Oc2ccccc2)cc1)CC3. The van der Waals surface area contributed by atoms with Crippen LogP contribution in [0.4, 0.5) is 10.5 Å². The molecule has 6 nitrogen and oxygen atoms in total. The summed E-state index contributed by atoms with van der Waals surface area (Å²) in [5.41, 5.74) is 4.15. The van der Waals surface area contributed by atoms with Crippen molar-refractivity contribution in [3.63, 3.8) is 0 Å². The zero-order chi connectivity index (χ0) is 21.2. The van der Waals surface area contributed by atoms with Gasteiger partial charge in [-0.25, -0.2) is 4.79 Å². The Kier molecular flexibility index (Phi) is 4.96. The molecule has 1 aromatic heterocycles. The molecule has 6 heteroatoms. The molecule has 0 spiro atoms. The molecule has 2 N–H and O–H groups in total. The first-order valence-electron chi connectivity index (χ1n) is 10.3. The van der Waals surface area contributed by atoms with Crippen molar-refractivity contribution in [1.29, 1.82) is 0 Å². The molecule has 0 aliphatic carbocycles. The third kappa shape index (κ3) is 3.92. The largest absolute Gasteiger partial charge is 0.497 e. The zero-order valence-corrected chi connectivity index (χ0v) is 17.2. The first-order chi connectivity index (χ1) is 15.2. The van der Waals surface area contributed by atoms with E-state index in [0.717, 1.165) is 45.8 Å². The minimum Gasteiger partial charge on any atom is -0.497 e. The second-order valence-corrected chi connectivity index (χ2v) is 7.53. The van der Waals surface area contributed by atoms with Crippen molar-refractivity contribution in [2.24, 2.45) is 0 Å². The summed E-state index contributed by atoms with van der Waals surface area (Å²) < 4.78 is 11.2. The van der Waals surface area contributed by atoms with Gasteiger partial charge in [0.25, 0.3) is 0 Å². The number of aromatic amines is 1. The lowest BCUT2D eigenvalue weighted by molar-refractivity contribution is 0.206. The summed E-state index contributed by atoms with van der Waals surface area (Å²) in [4.78, 5) is 18.2. The van der Waals surface area contributed by atoms with Gasteiger partial charge in [-0.15, -0.1) is 0 Å². The molecule has 3 aromatic carbocycles. The summed E-state index contributed by atoms with van der Waals surface area (Å²) in [6, 6.07) is 22.9. The van der Waals surface area contributed by atoms with E-state index in [4.69, 9.17) is 9.47 Å². The van der Waals surface area contributed by atoms with E-state index in [2.05, 4.69) is 10.3 Å². The molecule has 31 heavy (non-hydrogen) atoms. The molecule has 4 aromatic rings. The number of nitrogens with zero attached hydrogens (tertiary/aromatic N) is 1. The van der Waals surface area contributed by atoms with Crippen LogP contribution in [0.1, 0.15) is 11.3 Å². The van der Waals surface area contributed by atoms with Crippen LogP contribution in [0.15, 0.2) is 72.8 Å². The highest BCUT2D eigenvalue weighted by Crippen LogP contribution is 2.31. The first kappa shape index (κ1) is 19.1. The van der Waals surface area contributed by atoms with Crippen molar-refractivity contribution < 1.29 is 14.3 Å². The summed E-state index contributed by atoms with van der Waals surface area (Å²) in [5, 5.41) is 4.10. The number of nitrogens with one attached hydrogen (secondary N) is 2. The number of carbonyl (C=O) groups is 1. The van der Waals surface area contributed by atoms with Gasteiger partial charge in [0.15, 0.2) is 0 Å². The van der Waals surface area contributed by atoms with Gasteiger partial charge in [-0.05, 0) is 54.6 Å². The maximum absolute atomic E-state index is 12.9. The van der Waals surface area contributed by atoms with Crippen LogP contribution >= 0.6 is 0 Å². The van der Waals surface area contributed by atoms with Crippen LogP contribution in [0, 0.1) is 0 Å². The Balaban J connectivity index is 1.27. The first-order valence-corrected chi connectivity index (χ1v) is 10.3. The van der Waals surface area contributed by atoms with Gasteiger partial charge >= 0.3 is 6.03 Å². The predicted octanol–water partition coefficient (Wildman–Crippen LogP) is 5.56. The average molecular weight is 413 g/mol. The lowest BCUT2D eigenvalue weighted by Gasteiger charge is -2.27. The van der Waals surface area contributed by atoms with Gasteiger partial charge in [-0.1, -0.05) is 18.2 Å². The van der Waals surface area contributed by atoms with Crippen LogP contribution in [0.25, 0.3) is 10.9 Å². The van der Waals surface area contributed by atoms with E-state index in [-0.39, 0.29) is 6.03 Å². The number of methoxy groups -OCH3 is 1. The molecule has 0 fully saturated rings. The molecule has 156 valence electrons. The van der Waals surface area contributed by atoms with Crippen molar-refractivity contribution >= 4 is 22.6 Å². The smallest absolute Gasteiger partial charge is 0.322 e. The summed E-state index contributed by atoms with van der Waals surface area (Å²) in [5.74, 6) is 2.31. The van der Waals surface area contributed by atoms with Gasteiger partial charge in [0.2, 0.25) is 0 Å². The Morgan fingerprint density at radius 1 is 0.968 bits per heavy atom. The van der Waals surface area contributed by atoms with Crippen molar-refractivity contribution in [3.8, 4) is 17.2 Å². The highest BCUT2D eigenvalue weighted by atomic mass is 16.5. The number of fused-ring (bicyclic) bond motifs is 3. The second kappa shape index (κ2) is 8.07. The fraction of sp³-hybridized carbons (Fsp3) is 0.160. The molecule has 0 unspecified atom stereocenters. The number of hydrogen-bond donors (Lipinski definition) is 2. The minimum atomic E-state index is -0.111. The number of amides is 2. The molecule has 1 aliphatic heterocycles. The number of anilines is 1. The maximum Gasteiger partial charge on any atom is 0.322 e. The second-order valence-electron chi connectivity index (χ2n) is 7.53.